The summed E-state index contributed by atoms with van der Waals surface area (Å²) in [5.74, 6) is 0.835. The predicted octanol–water partition coefficient (Wildman–Crippen LogP) is 0.722. The number of hydrogen-bond acceptors (Lipinski definition) is 5. The van der Waals surface area contributed by atoms with Gasteiger partial charge in [0.25, 0.3) is 5.91 Å². The minimum atomic E-state index is -0.722. The average molecular weight is 277 g/mol. The Balaban J connectivity index is 1.49. The van der Waals surface area contributed by atoms with Crippen molar-refractivity contribution in [2.45, 2.75) is 19.1 Å². The van der Waals surface area contributed by atoms with Crippen LogP contribution in [0.2, 0.25) is 0 Å². The summed E-state index contributed by atoms with van der Waals surface area (Å²) >= 11 is 0. The lowest BCUT2D eigenvalue weighted by Crippen LogP contribution is -2.26. The largest absolute Gasteiger partial charge is 0.476 e. The average Bonchev–Trinajstić information content (AvgIpc) is 3.14. The molecule has 2 aromatic rings. The van der Waals surface area contributed by atoms with Crippen molar-refractivity contribution in [2.75, 3.05) is 13.2 Å². The molecule has 0 radical (unpaired) electrons. The molecule has 2 N–H and O–H groups in total. The normalized spacial score (nSPS) is 14.7. The fourth-order valence-electron chi connectivity index (χ4n) is 2.06. The van der Waals surface area contributed by atoms with Crippen molar-refractivity contribution < 1.29 is 19.1 Å². The molecule has 7 heteroatoms. The summed E-state index contributed by atoms with van der Waals surface area (Å²) in [5, 5.41) is 16.6. The molecule has 7 nitrogen and oxygen atoms in total. The zero-order valence-corrected chi connectivity index (χ0v) is 10.8. The van der Waals surface area contributed by atoms with Gasteiger partial charge in [-0.05, 0) is 18.6 Å². The number of hydrogen-bond donors (Lipinski definition) is 2. The van der Waals surface area contributed by atoms with Crippen LogP contribution in [0.3, 0.4) is 0 Å². The highest BCUT2D eigenvalue weighted by Crippen LogP contribution is 2.18. The number of carbonyl (C=O) groups excluding carboxylic acids is 1. The van der Waals surface area contributed by atoms with Gasteiger partial charge in [-0.25, -0.2) is 4.68 Å². The zero-order valence-electron chi connectivity index (χ0n) is 10.8. The van der Waals surface area contributed by atoms with Gasteiger partial charge in [-0.15, -0.1) is 0 Å². The van der Waals surface area contributed by atoms with Gasteiger partial charge in [0.2, 0.25) is 5.88 Å². The molecule has 0 aliphatic carbocycles. The van der Waals surface area contributed by atoms with E-state index in [2.05, 4.69) is 10.4 Å². The second-order valence-electron chi connectivity index (χ2n) is 4.52. The number of carbonyl (C=O) groups is 1. The number of nitrogens with zero attached hydrogens (tertiary/aromatic N) is 2. The molecule has 0 aromatic carbocycles. The summed E-state index contributed by atoms with van der Waals surface area (Å²) in [6.07, 6.45) is 1.16. The SMILES string of the molecule is O=C(NCCC(O)c1ccco1)c1cc2n(n1)CCO2. The molecule has 0 saturated heterocycles. The van der Waals surface area contributed by atoms with Gasteiger partial charge in [-0.2, -0.15) is 5.10 Å². The number of nitrogens with one attached hydrogen (secondary N) is 1. The maximum atomic E-state index is 11.9. The van der Waals surface area contributed by atoms with Crippen LogP contribution >= 0.6 is 0 Å². The van der Waals surface area contributed by atoms with Crippen molar-refractivity contribution in [3.8, 4) is 5.88 Å². The number of fused-ring (bicyclic) bond motifs is 1. The molecule has 1 aliphatic heterocycles. The molecule has 3 rings (SSSR count). The van der Waals surface area contributed by atoms with Crippen molar-refractivity contribution in [3.05, 3.63) is 35.9 Å². The van der Waals surface area contributed by atoms with Gasteiger partial charge in [0.1, 0.15) is 18.5 Å². The fourth-order valence-corrected chi connectivity index (χ4v) is 2.06. The first-order valence-corrected chi connectivity index (χ1v) is 6.44. The van der Waals surface area contributed by atoms with Crippen LogP contribution in [0.4, 0.5) is 0 Å². The first-order valence-electron chi connectivity index (χ1n) is 6.44. The van der Waals surface area contributed by atoms with Crippen LogP contribution in [0.5, 0.6) is 5.88 Å². The molecule has 1 unspecified atom stereocenters. The van der Waals surface area contributed by atoms with Crippen LogP contribution in [-0.2, 0) is 6.54 Å². The van der Waals surface area contributed by atoms with Crippen molar-refractivity contribution in [3.63, 3.8) is 0 Å². The molecule has 0 fully saturated rings. The molecule has 1 atom stereocenters. The Kier molecular flexibility index (Phi) is 3.42. The number of rotatable bonds is 5. The van der Waals surface area contributed by atoms with Crippen molar-refractivity contribution in [1.82, 2.24) is 15.1 Å². The highest BCUT2D eigenvalue weighted by Gasteiger charge is 2.19. The molecule has 0 bridgehead atoms. The standard InChI is InChI=1S/C13H15N3O4/c17-10(11-2-1-6-19-11)3-4-14-13(18)9-8-12-16(15-9)5-7-20-12/h1-2,6,8,10,17H,3-5,7H2,(H,14,18). The second kappa shape index (κ2) is 5.38. The fraction of sp³-hybridized carbons (Fsp3) is 0.385. The lowest BCUT2D eigenvalue weighted by Gasteiger charge is -2.08. The smallest absolute Gasteiger partial charge is 0.271 e. The number of aliphatic hydroxyl groups excluding tert-OH is 1. The van der Waals surface area contributed by atoms with Gasteiger partial charge in [-0.1, -0.05) is 0 Å². The molecule has 1 amide bonds. The molecule has 106 valence electrons. The van der Waals surface area contributed by atoms with Gasteiger partial charge >= 0.3 is 0 Å². The van der Waals surface area contributed by atoms with E-state index in [0.29, 0.717) is 43.5 Å². The first kappa shape index (κ1) is 12.7. The van der Waals surface area contributed by atoms with E-state index in [-0.39, 0.29) is 5.91 Å². The maximum absolute atomic E-state index is 11.9. The monoisotopic (exact) mass is 277 g/mol. The Morgan fingerprint density at radius 2 is 2.50 bits per heavy atom. The number of furan rings is 1. The summed E-state index contributed by atoms with van der Waals surface area (Å²) in [4.78, 5) is 11.9. The third-order valence-electron chi connectivity index (χ3n) is 3.10. The van der Waals surface area contributed by atoms with Crippen LogP contribution < -0.4 is 10.1 Å². The molecular formula is C13H15N3O4. The van der Waals surface area contributed by atoms with Crippen LogP contribution in [-0.4, -0.2) is 33.9 Å². The summed E-state index contributed by atoms with van der Waals surface area (Å²) in [7, 11) is 0. The Labute approximate surface area is 115 Å². The summed E-state index contributed by atoms with van der Waals surface area (Å²) < 4.78 is 12.0. The van der Waals surface area contributed by atoms with Crippen LogP contribution in [0, 0.1) is 0 Å². The molecule has 0 saturated carbocycles. The van der Waals surface area contributed by atoms with E-state index in [1.54, 1.807) is 22.9 Å². The first-order chi connectivity index (χ1) is 9.74. The Hall–Kier alpha value is -2.28. The van der Waals surface area contributed by atoms with E-state index in [0.717, 1.165) is 0 Å². The van der Waals surface area contributed by atoms with E-state index in [1.165, 1.54) is 6.26 Å². The third kappa shape index (κ3) is 2.53. The number of aliphatic hydroxyl groups is 1. The minimum Gasteiger partial charge on any atom is -0.476 e. The van der Waals surface area contributed by atoms with E-state index in [1.807, 2.05) is 0 Å². The van der Waals surface area contributed by atoms with E-state index in [4.69, 9.17) is 9.15 Å². The summed E-state index contributed by atoms with van der Waals surface area (Å²) in [6.45, 7) is 1.60. The number of aromatic nitrogens is 2. The second-order valence-corrected chi connectivity index (χ2v) is 4.52. The number of amides is 1. The summed E-state index contributed by atoms with van der Waals surface area (Å²) in [6, 6.07) is 5.03. The van der Waals surface area contributed by atoms with E-state index in [9.17, 15) is 9.90 Å². The lowest BCUT2D eigenvalue weighted by atomic mass is 10.2. The van der Waals surface area contributed by atoms with Gasteiger partial charge in [0.15, 0.2) is 5.69 Å². The summed E-state index contributed by atoms with van der Waals surface area (Å²) in [5.41, 5.74) is 0.326. The van der Waals surface area contributed by atoms with Crippen molar-refractivity contribution in [2.24, 2.45) is 0 Å². The molecule has 20 heavy (non-hydrogen) atoms. The van der Waals surface area contributed by atoms with Gasteiger partial charge in [0.05, 0.1) is 12.8 Å². The Morgan fingerprint density at radius 3 is 3.25 bits per heavy atom. The molecule has 0 spiro atoms. The highest BCUT2D eigenvalue weighted by molar-refractivity contribution is 5.92. The molecular weight excluding hydrogens is 262 g/mol. The van der Waals surface area contributed by atoms with E-state index >= 15 is 0 Å². The van der Waals surface area contributed by atoms with Crippen LogP contribution in [0.25, 0.3) is 0 Å². The van der Waals surface area contributed by atoms with Crippen LogP contribution in [0.1, 0.15) is 28.8 Å². The Morgan fingerprint density at radius 1 is 1.60 bits per heavy atom. The number of ether oxygens (including phenoxy) is 1. The van der Waals surface area contributed by atoms with Gasteiger partial charge in [0, 0.05) is 12.6 Å². The molecule has 2 aromatic heterocycles. The molecule has 1 aliphatic rings. The van der Waals surface area contributed by atoms with Crippen LogP contribution in [0.15, 0.2) is 28.9 Å². The topological polar surface area (TPSA) is 89.5 Å². The van der Waals surface area contributed by atoms with Gasteiger partial charge < -0.3 is 19.6 Å². The lowest BCUT2D eigenvalue weighted by molar-refractivity contribution is 0.0930. The predicted molar refractivity (Wildman–Crippen MR) is 68.3 cm³/mol. The van der Waals surface area contributed by atoms with Gasteiger partial charge in [-0.3, -0.25) is 4.79 Å². The van der Waals surface area contributed by atoms with Crippen molar-refractivity contribution >= 4 is 5.91 Å². The maximum Gasteiger partial charge on any atom is 0.271 e. The zero-order chi connectivity index (χ0) is 13.9. The minimum absolute atomic E-state index is 0.276. The van der Waals surface area contributed by atoms with Crippen molar-refractivity contribution in [1.29, 1.82) is 0 Å². The Bertz CT molecular complexity index is 569. The quantitative estimate of drug-likeness (QED) is 0.840. The van der Waals surface area contributed by atoms with E-state index < -0.39 is 6.10 Å². The third-order valence-corrected chi connectivity index (χ3v) is 3.10. The molecule has 3 heterocycles. The highest BCUT2D eigenvalue weighted by atomic mass is 16.5.